The molecule has 1 rings (SSSR count). The summed E-state index contributed by atoms with van der Waals surface area (Å²) >= 11 is 0. The summed E-state index contributed by atoms with van der Waals surface area (Å²) in [6, 6.07) is 0. The van der Waals surface area contributed by atoms with Gasteiger partial charge in [0.15, 0.2) is 0 Å². The third-order valence-electron chi connectivity index (χ3n) is 2.53. The largest absolute Gasteiger partial charge is 0.330 e. The van der Waals surface area contributed by atoms with E-state index < -0.39 is 0 Å². The van der Waals surface area contributed by atoms with Crippen LogP contribution < -0.4 is 5.73 Å². The third kappa shape index (κ3) is 5.32. The van der Waals surface area contributed by atoms with Gasteiger partial charge in [0.1, 0.15) is 0 Å². The molecule has 1 aliphatic heterocycles. The van der Waals surface area contributed by atoms with E-state index in [2.05, 4.69) is 17.4 Å². The van der Waals surface area contributed by atoms with Gasteiger partial charge in [-0.1, -0.05) is 40.2 Å². The lowest BCUT2D eigenvalue weighted by Crippen LogP contribution is -2.00. The molecule has 1 saturated heterocycles. The van der Waals surface area contributed by atoms with Crippen molar-refractivity contribution in [1.29, 1.82) is 0 Å². The Bertz CT molecular complexity index is 165. The first-order valence-electron chi connectivity index (χ1n) is 5.48. The standard InChI is InChI=1S/C11H21NS2/c1-10(6-8-12)4-2-3-5-11-7-9-13-14-11/h11H,1-9,12H2. The van der Waals surface area contributed by atoms with Crippen molar-refractivity contribution >= 4 is 21.6 Å². The highest BCUT2D eigenvalue weighted by Crippen LogP contribution is 2.39. The predicted octanol–water partition coefficient (Wildman–Crippen LogP) is 3.61. The van der Waals surface area contributed by atoms with Crippen molar-refractivity contribution in [2.75, 3.05) is 12.3 Å². The molecule has 1 unspecified atom stereocenters. The van der Waals surface area contributed by atoms with Crippen LogP contribution in [0.2, 0.25) is 0 Å². The van der Waals surface area contributed by atoms with E-state index in [-0.39, 0.29) is 0 Å². The number of hydrogen-bond acceptors (Lipinski definition) is 3. The number of rotatable bonds is 7. The summed E-state index contributed by atoms with van der Waals surface area (Å²) in [4.78, 5) is 0. The first-order chi connectivity index (χ1) is 6.83. The molecule has 1 aliphatic rings. The van der Waals surface area contributed by atoms with E-state index >= 15 is 0 Å². The Kier molecular flexibility index (Phi) is 6.82. The van der Waals surface area contributed by atoms with E-state index in [4.69, 9.17) is 5.73 Å². The van der Waals surface area contributed by atoms with Gasteiger partial charge >= 0.3 is 0 Å². The fraction of sp³-hybridized carbons (Fsp3) is 0.818. The zero-order valence-corrected chi connectivity index (χ0v) is 10.5. The highest BCUT2D eigenvalue weighted by atomic mass is 33.1. The van der Waals surface area contributed by atoms with Gasteiger partial charge in [-0.05, 0) is 38.6 Å². The molecule has 14 heavy (non-hydrogen) atoms. The topological polar surface area (TPSA) is 26.0 Å². The van der Waals surface area contributed by atoms with Gasteiger partial charge in [0.05, 0.1) is 0 Å². The summed E-state index contributed by atoms with van der Waals surface area (Å²) in [7, 11) is 4.12. The Morgan fingerprint density at radius 1 is 1.36 bits per heavy atom. The van der Waals surface area contributed by atoms with Gasteiger partial charge in [0.25, 0.3) is 0 Å². The average molecular weight is 231 g/mol. The molecule has 0 aromatic carbocycles. The van der Waals surface area contributed by atoms with E-state index in [0.717, 1.165) is 18.2 Å². The molecule has 82 valence electrons. The summed E-state index contributed by atoms with van der Waals surface area (Å²) in [6.07, 6.45) is 7.67. The first kappa shape index (κ1) is 12.5. The zero-order chi connectivity index (χ0) is 10.2. The minimum atomic E-state index is 0.758. The summed E-state index contributed by atoms with van der Waals surface area (Å²) < 4.78 is 0. The minimum absolute atomic E-state index is 0.758. The molecule has 0 saturated carbocycles. The van der Waals surface area contributed by atoms with Gasteiger partial charge < -0.3 is 5.73 Å². The normalized spacial score (nSPS) is 21.4. The molecule has 0 amide bonds. The van der Waals surface area contributed by atoms with Crippen LogP contribution in [0, 0.1) is 0 Å². The fourth-order valence-corrected chi connectivity index (χ4v) is 4.67. The maximum absolute atomic E-state index is 5.47. The van der Waals surface area contributed by atoms with E-state index in [1.54, 1.807) is 0 Å². The van der Waals surface area contributed by atoms with Crippen molar-refractivity contribution in [2.24, 2.45) is 5.73 Å². The quantitative estimate of drug-likeness (QED) is 0.412. The molecule has 0 aromatic rings. The minimum Gasteiger partial charge on any atom is -0.330 e. The summed E-state index contributed by atoms with van der Waals surface area (Å²) in [5, 5.41) is 0.933. The van der Waals surface area contributed by atoms with Gasteiger partial charge in [-0.3, -0.25) is 0 Å². The molecular formula is C11H21NS2. The van der Waals surface area contributed by atoms with Gasteiger partial charge in [0.2, 0.25) is 0 Å². The molecule has 1 atom stereocenters. The van der Waals surface area contributed by atoms with Gasteiger partial charge in [0, 0.05) is 11.0 Å². The van der Waals surface area contributed by atoms with Crippen LogP contribution in [0.15, 0.2) is 12.2 Å². The highest BCUT2D eigenvalue weighted by molar-refractivity contribution is 8.77. The predicted molar refractivity (Wildman–Crippen MR) is 69.7 cm³/mol. The smallest absolute Gasteiger partial charge is 0.0159 e. The van der Waals surface area contributed by atoms with E-state index in [9.17, 15) is 0 Å². The lowest BCUT2D eigenvalue weighted by atomic mass is 10.0. The van der Waals surface area contributed by atoms with Crippen molar-refractivity contribution in [3.05, 3.63) is 12.2 Å². The van der Waals surface area contributed by atoms with Gasteiger partial charge in [-0.25, -0.2) is 0 Å². The van der Waals surface area contributed by atoms with Crippen molar-refractivity contribution in [3.63, 3.8) is 0 Å². The zero-order valence-electron chi connectivity index (χ0n) is 8.84. The second kappa shape index (κ2) is 7.66. The maximum atomic E-state index is 5.47. The molecule has 0 spiro atoms. The number of unbranched alkanes of at least 4 members (excludes halogenated alkanes) is 1. The van der Waals surface area contributed by atoms with Crippen molar-refractivity contribution in [2.45, 2.75) is 43.8 Å². The Balaban J connectivity index is 1.90. The number of hydrogen-bond donors (Lipinski definition) is 1. The average Bonchev–Trinajstić information content (AvgIpc) is 2.65. The third-order valence-corrected chi connectivity index (χ3v) is 5.54. The van der Waals surface area contributed by atoms with E-state index in [1.807, 2.05) is 10.8 Å². The Morgan fingerprint density at radius 2 is 2.21 bits per heavy atom. The van der Waals surface area contributed by atoms with Crippen LogP contribution in [0.1, 0.15) is 38.5 Å². The molecule has 0 aliphatic carbocycles. The van der Waals surface area contributed by atoms with Gasteiger partial charge in [-0.15, -0.1) is 0 Å². The second-order valence-corrected chi connectivity index (χ2v) is 6.65. The summed E-state index contributed by atoms with van der Waals surface area (Å²) in [5.74, 6) is 1.36. The molecule has 3 heteroatoms. The first-order valence-corrected chi connectivity index (χ1v) is 7.86. The van der Waals surface area contributed by atoms with Crippen LogP contribution in [0.3, 0.4) is 0 Å². The molecule has 0 radical (unpaired) electrons. The molecular weight excluding hydrogens is 210 g/mol. The van der Waals surface area contributed by atoms with Crippen molar-refractivity contribution in [3.8, 4) is 0 Å². The fourth-order valence-electron chi connectivity index (χ4n) is 1.64. The second-order valence-electron chi connectivity index (χ2n) is 3.86. The van der Waals surface area contributed by atoms with Crippen LogP contribution in [0.5, 0.6) is 0 Å². The lowest BCUT2D eigenvalue weighted by Gasteiger charge is -2.07. The Labute approximate surface area is 95.7 Å². The lowest BCUT2D eigenvalue weighted by molar-refractivity contribution is 0.642. The Morgan fingerprint density at radius 3 is 2.86 bits per heavy atom. The molecule has 1 heterocycles. The van der Waals surface area contributed by atoms with Crippen molar-refractivity contribution < 1.29 is 0 Å². The highest BCUT2D eigenvalue weighted by Gasteiger charge is 2.15. The van der Waals surface area contributed by atoms with Crippen LogP contribution >= 0.6 is 21.6 Å². The van der Waals surface area contributed by atoms with Crippen LogP contribution in [0.25, 0.3) is 0 Å². The van der Waals surface area contributed by atoms with Gasteiger partial charge in [-0.2, -0.15) is 0 Å². The molecule has 0 aromatic heterocycles. The molecule has 2 N–H and O–H groups in total. The SMILES string of the molecule is C=C(CCN)CCCCC1CCSS1. The molecule has 1 nitrogen and oxygen atoms in total. The molecule has 0 bridgehead atoms. The van der Waals surface area contributed by atoms with Crippen LogP contribution in [-0.4, -0.2) is 17.5 Å². The monoisotopic (exact) mass is 231 g/mol. The Hall–Kier alpha value is 0.400. The maximum Gasteiger partial charge on any atom is 0.0159 e. The van der Waals surface area contributed by atoms with E-state index in [0.29, 0.717) is 0 Å². The van der Waals surface area contributed by atoms with Crippen molar-refractivity contribution in [1.82, 2.24) is 0 Å². The summed E-state index contributed by atoms with van der Waals surface area (Å²) in [6.45, 7) is 4.78. The van der Waals surface area contributed by atoms with Crippen LogP contribution in [-0.2, 0) is 0 Å². The number of nitrogens with two attached hydrogens (primary N) is 1. The van der Waals surface area contributed by atoms with Crippen LogP contribution in [0.4, 0.5) is 0 Å². The van der Waals surface area contributed by atoms with E-state index in [1.165, 1.54) is 43.4 Å². The summed E-state index contributed by atoms with van der Waals surface area (Å²) in [5.41, 5.74) is 6.80. The molecule has 1 fully saturated rings.